The van der Waals surface area contributed by atoms with Crippen molar-refractivity contribution >= 4 is 22.9 Å². The molecule has 5 nitrogen and oxygen atoms in total. The first-order chi connectivity index (χ1) is 10.2. The molecule has 1 fully saturated rings. The van der Waals surface area contributed by atoms with Gasteiger partial charge in [-0.25, -0.2) is 13.2 Å². The van der Waals surface area contributed by atoms with E-state index in [0.717, 1.165) is 4.31 Å². The average molecular weight is 357 g/mol. The van der Waals surface area contributed by atoms with Crippen LogP contribution in [0.15, 0.2) is 12.1 Å². The zero-order chi connectivity index (χ0) is 16.5. The molecule has 0 bridgehead atoms. The maximum atomic E-state index is 13.4. The maximum Gasteiger partial charge on any atom is 0.336 e. The maximum absolute atomic E-state index is 13.4. The fraction of sp³-hybridized carbons (Fsp3) is 0.500. The van der Waals surface area contributed by atoms with Gasteiger partial charge >= 0.3 is 10.3 Å². The van der Waals surface area contributed by atoms with Crippen LogP contribution < -0.4 is 0 Å². The predicted octanol–water partition coefficient (Wildman–Crippen LogP) is 1.80. The fourth-order valence-corrected chi connectivity index (χ4v) is 3.70. The van der Waals surface area contributed by atoms with Gasteiger partial charge in [-0.15, -0.1) is 0 Å². The Hall–Kier alpha value is -0.810. The molecule has 2 rings (SSSR count). The first kappa shape index (κ1) is 17.5. The van der Waals surface area contributed by atoms with Gasteiger partial charge in [0.15, 0.2) is 11.6 Å². The van der Waals surface area contributed by atoms with Crippen LogP contribution in [0.1, 0.15) is 12.0 Å². The van der Waals surface area contributed by atoms with E-state index < -0.39 is 33.8 Å². The predicted molar refractivity (Wildman–Crippen MR) is 75.4 cm³/mol. The second-order valence-electron chi connectivity index (χ2n) is 4.96. The molecule has 10 heteroatoms. The smallest absolute Gasteiger partial charge is 0.336 e. The number of hydrogen-bond donors (Lipinski definition) is 2. The van der Waals surface area contributed by atoms with Crippen molar-refractivity contribution in [2.45, 2.75) is 24.3 Å². The van der Waals surface area contributed by atoms with E-state index in [1.165, 1.54) is 0 Å². The molecule has 0 saturated carbocycles. The highest BCUT2D eigenvalue weighted by molar-refractivity contribution is 7.83. The topological polar surface area (TPSA) is 66.8 Å². The van der Waals surface area contributed by atoms with Gasteiger partial charge in [0.05, 0.1) is 19.3 Å². The van der Waals surface area contributed by atoms with Gasteiger partial charge in [0.25, 0.3) is 0 Å². The molecule has 1 aromatic carbocycles. The van der Waals surface area contributed by atoms with Crippen molar-refractivity contribution in [1.29, 1.82) is 0 Å². The van der Waals surface area contributed by atoms with E-state index in [1.807, 2.05) is 0 Å². The van der Waals surface area contributed by atoms with Gasteiger partial charge in [0.1, 0.15) is 5.82 Å². The molecule has 0 amide bonds. The largest absolute Gasteiger partial charge is 0.375 e. The van der Waals surface area contributed by atoms with Crippen molar-refractivity contribution < 1.29 is 30.9 Å². The van der Waals surface area contributed by atoms with E-state index in [4.69, 9.17) is 9.29 Å². The third-order valence-electron chi connectivity index (χ3n) is 3.30. The molecule has 0 unspecified atom stereocenters. The summed E-state index contributed by atoms with van der Waals surface area (Å²) in [6.07, 6.45) is 0.350. The number of benzene rings is 1. The second-order valence-corrected chi connectivity index (χ2v) is 7.06. The Morgan fingerprint density at radius 3 is 2.55 bits per heavy atom. The molecule has 0 aliphatic carbocycles. The summed E-state index contributed by atoms with van der Waals surface area (Å²) in [5.74, 6) is -3.45. The lowest BCUT2D eigenvalue weighted by Gasteiger charge is -2.20. The summed E-state index contributed by atoms with van der Waals surface area (Å²) in [4.78, 5) is 0. The average Bonchev–Trinajstić information content (AvgIpc) is 2.77. The molecule has 2 atom stereocenters. The minimum atomic E-state index is -4.38. The van der Waals surface area contributed by atoms with Crippen LogP contribution in [0.3, 0.4) is 0 Å². The third-order valence-corrected chi connectivity index (χ3v) is 4.71. The van der Waals surface area contributed by atoms with Crippen molar-refractivity contribution in [2.24, 2.45) is 0 Å². The van der Waals surface area contributed by atoms with Gasteiger partial charge in [-0.05, 0) is 12.5 Å². The molecular formula is C12H14F3NO4S2. The van der Waals surface area contributed by atoms with Gasteiger partial charge in [0, 0.05) is 23.4 Å². The molecular weight excluding hydrogens is 343 g/mol. The fourth-order valence-electron chi connectivity index (χ4n) is 2.28. The van der Waals surface area contributed by atoms with Gasteiger partial charge in [-0.2, -0.15) is 25.4 Å². The summed E-state index contributed by atoms with van der Waals surface area (Å²) in [7, 11) is -4.38. The summed E-state index contributed by atoms with van der Waals surface area (Å²) in [5.41, 5.74) is -0.183. The minimum Gasteiger partial charge on any atom is -0.375 e. The lowest BCUT2D eigenvalue weighted by atomic mass is 10.2. The summed E-state index contributed by atoms with van der Waals surface area (Å²) >= 11 is 4.15. The van der Waals surface area contributed by atoms with Crippen LogP contribution in [-0.2, 0) is 21.6 Å². The summed E-state index contributed by atoms with van der Waals surface area (Å²) in [6, 6.07) is 0.449. The Kier molecular flexibility index (Phi) is 5.38. The molecule has 1 N–H and O–H groups in total. The highest BCUT2D eigenvalue weighted by atomic mass is 32.2. The van der Waals surface area contributed by atoms with E-state index in [2.05, 4.69) is 12.6 Å². The van der Waals surface area contributed by atoms with Crippen molar-refractivity contribution in [2.75, 3.05) is 13.2 Å². The molecule has 0 spiro atoms. The van der Waals surface area contributed by atoms with Crippen LogP contribution in [-0.4, -0.2) is 41.7 Å². The molecule has 1 heterocycles. The van der Waals surface area contributed by atoms with Gasteiger partial charge in [0.2, 0.25) is 0 Å². The Morgan fingerprint density at radius 1 is 1.27 bits per heavy atom. The number of thiol groups is 1. The van der Waals surface area contributed by atoms with Crippen LogP contribution >= 0.6 is 12.6 Å². The Balaban J connectivity index is 1.97. The van der Waals surface area contributed by atoms with E-state index in [1.54, 1.807) is 0 Å². The number of ether oxygens (including phenoxy) is 1. The Labute approximate surface area is 131 Å². The van der Waals surface area contributed by atoms with Crippen molar-refractivity contribution in [3.63, 3.8) is 0 Å². The first-order valence-corrected chi connectivity index (χ1v) is 8.23. The van der Waals surface area contributed by atoms with Crippen LogP contribution in [0, 0.1) is 17.5 Å². The summed E-state index contributed by atoms with van der Waals surface area (Å²) in [5, 5.41) is -0.254. The Morgan fingerprint density at radius 2 is 1.91 bits per heavy atom. The van der Waals surface area contributed by atoms with Crippen LogP contribution in [0.4, 0.5) is 13.2 Å². The number of nitrogens with zero attached hydrogens (tertiary/aromatic N) is 1. The number of hydrogen-bond acceptors (Lipinski definition) is 4. The molecule has 0 aromatic heterocycles. The minimum absolute atomic E-state index is 0.0372. The highest BCUT2D eigenvalue weighted by Crippen LogP contribution is 2.25. The van der Waals surface area contributed by atoms with Gasteiger partial charge < -0.3 is 4.74 Å². The van der Waals surface area contributed by atoms with E-state index >= 15 is 0 Å². The zero-order valence-electron chi connectivity index (χ0n) is 11.2. The molecule has 1 aliphatic rings. The quantitative estimate of drug-likeness (QED) is 0.479. The SMILES string of the molecule is O=S(=O)(O)N1C[C@H](S)C[C@H]1COCc1cc(F)c(F)cc1F. The van der Waals surface area contributed by atoms with E-state index in [9.17, 15) is 21.6 Å². The van der Waals surface area contributed by atoms with E-state index in [0.29, 0.717) is 18.6 Å². The zero-order valence-corrected chi connectivity index (χ0v) is 13.0. The third kappa shape index (κ3) is 4.13. The second kappa shape index (κ2) is 6.75. The van der Waals surface area contributed by atoms with Crippen LogP contribution in [0.25, 0.3) is 0 Å². The number of halogens is 3. The summed E-state index contributed by atoms with van der Waals surface area (Å²) < 4.78 is 76.7. The molecule has 0 radical (unpaired) electrons. The molecule has 124 valence electrons. The lowest BCUT2D eigenvalue weighted by Crippen LogP contribution is -2.38. The van der Waals surface area contributed by atoms with Crippen LogP contribution in [0.2, 0.25) is 0 Å². The van der Waals surface area contributed by atoms with Crippen molar-refractivity contribution in [1.82, 2.24) is 4.31 Å². The summed E-state index contributed by atoms with van der Waals surface area (Å²) in [6.45, 7) is -0.444. The number of rotatable bonds is 5. The molecule has 22 heavy (non-hydrogen) atoms. The highest BCUT2D eigenvalue weighted by Gasteiger charge is 2.37. The normalized spacial score (nSPS) is 23.1. The molecule has 1 saturated heterocycles. The van der Waals surface area contributed by atoms with Gasteiger partial charge in [-0.1, -0.05) is 0 Å². The monoisotopic (exact) mass is 357 g/mol. The Bertz CT molecular complexity index is 656. The molecule has 1 aromatic rings. The van der Waals surface area contributed by atoms with Crippen LogP contribution in [0.5, 0.6) is 0 Å². The van der Waals surface area contributed by atoms with Gasteiger partial charge in [-0.3, -0.25) is 4.55 Å². The lowest BCUT2D eigenvalue weighted by molar-refractivity contribution is 0.0833. The van der Waals surface area contributed by atoms with E-state index in [-0.39, 0.29) is 30.6 Å². The molecule has 1 aliphatic heterocycles. The first-order valence-electron chi connectivity index (χ1n) is 6.32. The van der Waals surface area contributed by atoms with Crippen molar-refractivity contribution in [3.05, 3.63) is 35.1 Å². The standard InChI is InChI=1S/C12H14F3NO4S2/c13-10-3-12(15)11(14)1-7(10)5-20-6-8-2-9(21)4-16(8)22(17,18)19/h1,3,8-9,21H,2,4-6H2,(H,17,18,19)/t8-,9+/m0/s1. The van der Waals surface area contributed by atoms with Crippen molar-refractivity contribution in [3.8, 4) is 0 Å².